The second kappa shape index (κ2) is 7.68. The minimum Gasteiger partial charge on any atom is -0.492 e. The Morgan fingerprint density at radius 1 is 1.31 bits per heavy atom. The summed E-state index contributed by atoms with van der Waals surface area (Å²) in [6, 6.07) is 6.44. The van der Waals surface area contributed by atoms with Crippen LogP contribution >= 0.6 is 0 Å². The lowest BCUT2D eigenvalue weighted by atomic mass is 10.0. The van der Waals surface area contributed by atoms with E-state index in [4.69, 9.17) is 4.74 Å². The molecule has 3 heterocycles. The number of amides is 1. The molecule has 2 aromatic heterocycles. The molecule has 29 heavy (non-hydrogen) atoms. The predicted octanol–water partition coefficient (Wildman–Crippen LogP) is 3.63. The highest BCUT2D eigenvalue weighted by Gasteiger charge is 2.28. The van der Waals surface area contributed by atoms with Crippen molar-refractivity contribution in [1.82, 2.24) is 15.3 Å². The predicted molar refractivity (Wildman–Crippen MR) is 109 cm³/mol. The van der Waals surface area contributed by atoms with E-state index in [-0.39, 0.29) is 11.7 Å². The summed E-state index contributed by atoms with van der Waals surface area (Å²) < 4.78 is 19.4. The van der Waals surface area contributed by atoms with Gasteiger partial charge in [-0.05, 0) is 25.1 Å². The molecule has 6 nitrogen and oxygen atoms in total. The van der Waals surface area contributed by atoms with Gasteiger partial charge in [0.15, 0.2) is 11.6 Å². The molecule has 1 aliphatic rings. The SMILES string of the molecule is CC#Cc1cnccc1-c1[nH]c2c(c1Nc1cccc(F)c1OC)C(=O)NCC2. The van der Waals surface area contributed by atoms with Crippen LogP contribution in [-0.2, 0) is 6.42 Å². The first kappa shape index (κ1) is 18.6. The molecule has 0 saturated carbocycles. The first-order valence-electron chi connectivity index (χ1n) is 9.13. The average Bonchev–Trinajstić information content (AvgIpc) is 3.08. The Bertz CT molecular complexity index is 1160. The molecule has 1 aromatic carbocycles. The molecule has 0 saturated heterocycles. The molecule has 0 unspecified atom stereocenters. The van der Waals surface area contributed by atoms with E-state index in [0.29, 0.717) is 35.6 Å². The maximum atomic E-state index is 14.2. The molecule has 3 N–H and O–H groups in total. The minimum absolute atomic E-state index is 0.0768. The molecule has 1 aliphatic heterocycles. The summed E-state index contributed by atoms with van der Waals surface area (Å²) in [4.78, 5) is 20.2. The summed E-state index contributed by atoms with van der Waals surface area (Å²) in [5.74, 6) is 5.32. The number of carbonyl (C=O) groups is 1. The Balaban J connectivity index is 1.94. The summed E-state index contributed by atoms with van der Waals surface area (Å²) in [5, 5.41) is 6.08. The van der Waals surface area contributed by atoms with Crippen LogP contribution in [0.15, 0.2) is 36.7 Å². The lowest BCUT2D eigenvalue weighted by Crippen LogP contribution is -2.31. The number of rotatable bonds is 4. The number of aromatic nitrogens is 2. The van der Waals surface area contributed by atoms with Gasteiger partial charge in [0.2, 0.25) is 0 Å². The Morgan fingerprint density at radius 3 is 2.97 bits per heavy atom. The zero-order chi connectivity index (χ0) is 20.4. The first-order valence-corrected chi connectivity index (χ1v) is 9.13. The maximum absolute atomic E-state index is 14.2. The van der Waals surface area contributed by atoms with E-state index in [2.05, 4.69) is 32.4 Å². The van der Waals surface area contributed by atoms with Crippen molar-refractivity contribution < 1.29 is 13.9 Å². The number of hydrogen-bond acceptors (Lipinski definition) is 4. The van der Waals surface area contributed by atoms with Crippen LogP contribution in [0.2, 0.25) is 0 Å². The number of carbonyl (C=O) groups excluding carboxylic acids is 1. The normalized spacial score (nSPS) is 12.4. The third-order valence-electron chi connectivity index (χ3n) is 4.75. The molecule has 146 valence electrons. The van der Waals surface area contributed by atoms with Gasteiger partial charge in [-0.25, -0.2) is 4.39 Å². The molecular formula is C22H19FN4O2. The van der Waals surface area contributed by atoms with Crippen LogP contribution in [0, 0.1) is 17.7 Å². The van der Waals surface area contributed by atoms with Gasteiger partial charge in [-0.15, -0.1) is 5.92 Å². The Labute approximate surface area is 167 Å². The molecule has 7 heteroatoms. The van der Waals surface area contributed by atoms with Gasteiger partial charge in [0.1, 0.15) is 0 Å². The zero-order valence-electron chi connectivity index (χ0n) is 16.0. The largest absolute Gasteiger partial charge is 0.492 e. The number of anilines is 2. The number of fused-ring (bicyclic) bond motifs is 1. The lowest BCUT2D eigenvalue weighted by molar-refractivity contribution is 0.0947. The van der Waals surface area contributed by atoms with Gasteiger partial charge in [-0.2, -0.15) is 0 Å². The van der Waals surface area contributed by atoms with Crippen LogP contribution in [0.1, 0.15) is 28.5 Å². The molecule has 0 radical (unpaired) electrons. The van der Waals surface area contributed by atoms with Crippen LogP contribution in [0.4, 0.5) is 15.8 Å². The number of methoxy groups -OCH3 is 1. The van der Waals surface area contributed by atoms with Crippen molar-refractivity contribution in [2.45, 2.75) is 13.3 Å². The van der Waals surface area contributed by atoms with Gasteiger partial charge in [0.05, 0.1) is 35.3 Å². The minimum atomic E-state index is -0.491. The first-order chi connectivity index (χ1) is 14.1. The van der Waals surface area contributed by atoms with Crippen molar-refractivity contribution in [2.75, 3.05) is 19.0 Å². The quantitative estimate of drug-likeness (QED) is 0.595. The number of pyridine rings is 1. The van der Waals surface area contributed by atoms with Crippen molar-refractivity contribution >= 4 is 17.3 Å². The van der Waals surface area contributed by atoms with Gasteiger partial charge in [-0.3, -0.25) is 9.78 Å². The summed E-state index contributed by atoms with van der Waals surface area (Å²) in [6.07, 6.45) is 4.01. The fourth-order valence-corrected chi connectivity index (χ4v) is 3.50. The van der Waals surface area contributed by atoms with Crippen molar-refractivity contribution in [3.8, 4) is 28.8 Å². The molecule has 0 aliphatic carbocycles. The number of hydrogen-bond donors (Lipinski definition) is 3. The molecule has 4 rings (SSSR count). The fourth-order valence-electron chi connectivity index (χ4n) is 3.50. The topological polar surface area (TPSA) is 79.0 Å². The van der Waals surface area contributed by atoms with Gasteiger partial charge in [0, 0.05) is 36.6 Å². The van der Waals surface area contributed by atoms with Crippen LogP contribution in [0.5, 0.6) is 5.75 Å². The van der Waals surface area contributed by atoms with Crippen molar-refractivity contribution in [3.63, 3.8) is 0 Å². The van der Waals surface area contributed by atoms with Crippen molar-refractivity contribution in [1.29, 1.82) is 0 Å². The number of nitrogens with one attached hydrogen (secondary N) is 3. The van der Waals surface area contributed by atoms with E-state index in [1.165, 1.54) is 13.2 Å². The Kier molecular flexibility index (Phi) is 4.92. The number of halogens is 1. The molecular weight excluding hydrogens is 371 g/mol. The summed E-state index contributed by atoms with van der Waals surface area (Å²) in [6.45, 7) is 2.30. The van der Waals surface area contributed by atoms with E-state index in [1.807, 2.05) is 6.07 Å². The highest BCUT2D eigenvalue weighted by Crippen LogP contribution is 2.40. The number of aromatic amines is 1. The van der Waals surface area contributed by atoms with Gasteiger partial charge >= 0.3 is 0 Å². The van der Waals surface area contributed by atoms with Crippen LogP contribution in [0.25, 0.3) is 11.3 Å². The van der Waals surface area contributed by atoms with Crippen molar-refractivity contribution in [2.24, 2.45) is 0 Å². The summed E-state index contributed by atoms with van der Waals surface area (Å²) >= 11 is 0. The fraction of sp³-hybridized carbons (Fsp3) is 0.182. The van der Waals surface area contributed by atoms with Crippen LogP contribution < -0.4 is 15.4 Å². The molecule has 3 aromatic rings. The highest BCUT2D eigenvalue weighted by atomic mass is 19.1. The highest BCUT2D eigenvalue weighted by molar-refractivity contribution is 6.06. The second-order valence-electron chi connectivity index (χ2n) is 6.48. The Morgan fingerprint density at radius 2 is 2.17 bits per heavy atom. The molecule has 0 spiro atoms. The smallest absolute Gasteiger partial charge is 0.255 e. The van der Waals surface area contributed by atoms with Crippen LogP contribution in [-0.4, -0.2) is 29.5 Å². The number of H-pyrrole nitrogens is 1. The van der Waals surface area contributed by atoms with E-state index in [0.717, 1.165) is 16.8 Å². The van der Waals surface area contributed by atoms with E-state index >= 15 is 0 Å². The average molecular weight is 390 g/mol. The summed E-state index contributed by atoms with van der Waals surface area (Å²) in [7, 11) is 1.40. The van der Waals surface area contributed by atoms with E-state index in [9.17, 15) is 9.18 Å². The number of benzene rings is 1. The van der Waals surface area contributed by atoms with E-state index in [1.54, 1.807) is 31.5 Å². The standard InChI is InChI=1S/C22H19FN4O2/c1-3-5-13-12-24-10-8-14(13)19-20(18-16(26-19)9-11-25-22(18)28)27-17-7-4-6-15(23)21(17)29-2/h4,6-8,10,12,26-27H,9,11H2,1-2H3,(H,25,28). The third-order valence-corrected chi connectivity index (χ3v) is 4.75. The molecule has 0 bridgehead atoms. The zero-order valence-corrected chi connectivity index (χ0v) is 16.0. The molecule has 0 fully saturated rings. The monoisotopic (exact) mass is 390 g/mol. The van der Waals surface area contributed by atoms with Gasteiger partial charge in [-0.1, -0.05) is 12.0 Å². The van der Waals surface area contributed by atoms with E-state index < -0.39 is 5.82 Å². The maximum Gasteiger partial charge on any atom is 0.255 e. The molecule has 0 atom stereocenters. The number of nitrogens with zero attached hydrogens (tertiary/aromatic N) is 1. The number of ether oxygens (including phenoxy) is 1. The van der Waals surface area contributed by atoms with Gasteiger partial charge < -0.3 is 20.4 Å². The van der Waals surface area contributed by atoms with Crippen molar-refractivity contribution in [3.05, 3.63) is 59.3 Å². The summed E-state index contributed by atoms with van der Waals surface area (Å²) in [5.41, 5.74) is 4.51. The Hall–Kier alpha value is -3.79. The number of para-hydroxylation sites is 1. The van der Waals surface area contributed by atoms with Crippen LogP contribution in [0.3, 0.4) is 0 Å². The second-order valence-corrected chi connectivity index (χ2v) is 6.48. The third kappa shape index (κ3) is 3.29. The lowest BCUT2D eigenvalue weighted by Gasteiger charge is -2.16. The van der Waals surface area contributed by atoms with Gasteiger partial charge in [0.25, 0.3) is 5.91 Å². The molecule has 1 amide bonds.